The van der Waals surface area contributed by atoms with Crippen LogP contribution in [0.25, 0.3) is 0 Å². The summed E-state index contributed by atoms with van der Waals surface area (Å²) < 4.78 is 27.5. The van der Waals surface area contributed by atoms with Gasteiger partial charge in [-0.05, 0) is 73.6 Å². The highest BCUT2D eigenvalue weighted by molar-refractivity contribution is 7.92. The number of fused-ring (bicyclic) bond motifs is 2. The molecule has 2 fully saturated rings. The van der Waals surface area contributed by atoms with Gasteiger partial charge in [0, 0.05) is 22.3 Å². The Morgan fingerprint density at radius 2 is 1.81 bits per heavy atom. The average molecular weight is 405 g/mol. The van der Waals surface area contributed by atoms with Gasteiger partial charge in [-0.25, -0.2) is 8.42 Å². The molecule has 27 heavy (non-hydrogen) atoms. The lowest BCUT2D eigenvalue weighted by Gasteiger charge is -2.23. The zero-order valence-electron chi connectivity index (χ0n) is 14.7. The molecule has 2 aliphatic carbocycles. The number of rotatable bonds is 5. The van der Waals surface area contributed by atoms with Crippen LogP contribution in [0, 0.1) is 11.8 Å². The van der Waals surface area contributed by atoms with E-state index < -0.39 is 10.0 Å². The van der Waals surface area contributed by atoms with Gasteiger partial charge in [-0.1, -0.05) is 24.1 Å². The molecule has 2 saturated carbocycles. The van der Waals surface area contributed by atoms with Crippen LogP contribution in [0.15, 0.2) is 53.4 Å². The topological polar surface area (TPSA) is 75.3 Å². The maximum absolute atomic E-state index is 12.6. The summed E-state index contributed by atoms with van der Waals surface area (Å²) in [6.45, 7) is 0. The van der Waals surface area contributed by atoms with Gasteiger partial charge in [0.1, 0.15) is 0 Å². The molecule has 1 amide bonds. The SMILES string of the molecule is O=C(N[C@@H]1CC2CCC1C2)c1cccc(NS(=O)(=O)c2ccc(Cl)cc2)c1. The fourth-order valence-electron chi connectivity index (χ4n) is 4.22. The molecule has 7 heteroatoms. The van der Waals surface area contributed by atoms with E-state index in [9.17, 15) is 13.2 Å². The summed E-state index contributed by atoms with van der Waals surface area (Å²) in [7, 11) is -3.74. The Kier molecular flexibility index (Phi) is 4.86. The number of benzene rings is 2. The molecule has 2 unspecified atom stereocenters. The third-order valence-electron chi connectivity index (χ3n) is 5.56. The van der Waals surface area contributed by atoms with Crippen LogP contribution in [0.3, 0.4) is 0 Å². The molecule has 2 bridgehead atoms. The first-order chi connectivity index (χ1) is 12.9. The van der Waals surface area contributed by atoms with Crippen molar-refractivity contribution in [2.24, 2.45) is 11.8 Å². The van der Waals surface area contributed by atoms with E-state index in [2.05, 4.69) is 10.0 Å². The lowest BCUT2D eigenvalue weighted by atomic mass is 9.95. The molecular formula is C20H21ClN2O3S. The smallest absolute Gasteiger partial charge is 0.261 e. The van der Waals surface area contributed by atoms with Gasteiger partial charge in [-0.15, -0.1) is 0 Å². The Morgan fingerprint density at radius 3 is 2.48 bits per heavy atom. The van der Waals surface area contributed by atoms with Crippen LogP contribution in [-0.2, 0) is 10.0 Å². The number of nitrogens with one attached hydrogen (secondary N) is 2. The van der Waals surface area contributed by atoms with Crippen molar-refractivity contribution in [1.82, 2.24) is 5.32 Å². The van der Waals surface area contributed by atoms with Crippen molar-refractivity contribution in [3.63, 3.8) is 0 Å². The van der Waals surface area contributed by atoms with Crippen LogP contribution in [0.2, 0.25) is 5.02 Å². The monoisotopic (exact) mass is 404 g/mol. The zero-order chi connectivity index (χ0) is 19.0. The molecule has 2 aromatic rings. The number of sulfonamides is 1. The maximum Gasteiger partial charge on any atom is 0.261 e. The standard InChI is InChI=1S/C20H21ClN2O3S/c21-16-6-8-18(9-7-16)27(25,26)23-17-3-1-2-15(12-17)20(24)22-19-11-13-4-5-14(19)10-13/h1-3,6-9,12-14,19,23H,4-5,10-11H2,(H,22,24)/t13?,14?,19-/m1/s1. The second-order valence-corrected chi connectivity index (χ2v) is 9.51. The molecule has 0 radical (unpaired) electrons. The van der Waals surface area contributed by atoms with Gasteiger partial charge in [0.25, 0.3) is 15.9 Å². The van der Waals surface area contributed by atoms with Crippen molar-refractivity contribution in [3.05, 3.63) is 59.1 Å². The average Bonchev–Trinajstić information content (AvgIpc) is 3.25. The first kappa shape index (κ1) is 18.3. The first-order valence-corrected chi connectivity index (χ1v) is 11.0. The molecule has 0 saturated heterocycles. The summed E-state index contributed by atoms with van der Waals surface area (Å²) in [6, 6.07) is 12.7. The number of carbonyl (C=O) groups is 1. The molecule has 2 N–H and O–H groups in total. The van der Waals surface area contributed by atoms with E-state index in [1.165, 1.54) is 43.5 Å². The highest BCUT2D eigenvalue weighted by Crippen LogP contribution is 2.44. The Labute approximate surface area is 164 Å². The Bertz CT molecular complexity index is 959. The second kappa shape index (κ2) is 7.17. The van der Waals surface area contributed by atoms with Crippen molar-refractivity contribution in [2.75, 3.05) is 4.72 Å². The van der Waals surface area contributed by atoms with E-state index in [4.69, 9.17) is 11.6 Å². The van der Waals surface area contributed by atoms with Gasteiger partial charge in [-0.3, -0.25) is 9.52 Å². The summed E-state index contributed by atoms with van der Waals surface area (Å²) in [5, 5.41) is 3.59. The van der Waals surface area contributed by atoms with Gasteiger partial charge in [-0.2, -0.15) is 0 Å². The summed E-state index contributed by atoms with van der Waals surface area (Å²) >= 11 is 5.81. The van der Waals surface area contributed by atoms with Crippen LogP contribution in [0.4, 0.5) is 5.69 Å². The number of halogens is 1. The molecule has 0 aromatic heterocycles. The van der Waals surface area contributed by atoms with Crippen molar-refractivity contribution in [3.8, 4) is 0 Å². The minimum absolute atomic E-state index is 0.115. The maximum atomic E-state index is 12.6. The van der Waals surface area contributed by atoms with Gasteiger partial charge in [0.15, 0.2) is 0 Å². The van der Waals surface area contributed by atoms with Crippen LogP contribution in [0.5, 0.6) is 0 Å². The molecule has 0 aliphatic heterocycles. The zero-order valence-corrected chi connectivity index (χ0v) is 16.3. The lowest BCUT2D eigenvalue weighted by molar-refractivity contribution is 0.0923. The normalized spacial score (nSPS) is 24.0. The molecule has 142 valence electrons. The number of amides is 1. The summed E-state index contributed by atoms with van der Waals surface area (Å²) in [6.07, 6.45) is 4.74. The third-order valence-corrected chi connectivity index (χ3v) is 7.20. The molecule has 5 nitrogen and oxygen atoms in total. The van der Waals surface area contributed by atoms with E-state index in [0.29, 0.717) is 22.2 Å². The Balaban J connectivity index is 1.47. The fourth-order valence-corrected chi connectivity index (χ4v) is 5.40. The summed E-state index contributed by atoms with van der Waals surface area (Å²) in [5.74, 6) is 1.18. The third kappa shape index (κ3) is 3.96. The molecule has 2 aliphatic rings. The number of anilines is 1. The van der Waals surface area contributed by atoms with Gasteiger partial charge in [0.2, 0.25) is 0 Å². The van der Waals surface area contributed by atoms with Crippen LogP contribution >= 0.6 is 11.6 Å². The first-order valence-electron chi connectivity index (χ1n) is 9.10. The number of hydrogen-bond donors (Lipinski definition) is 2. The van der Waals surface area contributed by atoms with E-state index in [0.717, 1.165) is 12.3 Å². The highest BCUT2D eigenvalue weighted by atomic mass is 35.5. The predicted octanol–water partition coefficient (Wildman–Crippen LogP) is 4.06. The minimum Gasteiger partial charge on any atom is -0.349 e. The van der Waals surface area contributed by atoms with Crippen LogP contribution < -0.4 is 10.0 Å². The van der Waals surface area contributed by atoms with Crippen molar-refractivity contribution in [1.29, 1.82) is 0 Å². The lowest BCUT2D eigenvalue weighted by Crippen LogP contribution is -2.38. The van der Waals surface area contributed by atoms with Crippen molar-refractivity contribution in [2.45, 2.75) is 36.6 Å². The van der Waals surface area contributed by atoms with E-state index in [1.54, 1.807) is 24.3 Å². The Hall–Kier alpha value is -2.05. The molecule has 4 rings (SSSR count). The van der Waals surface area contributed by atoms with Gasteiger partial charge in [0.05, 0.1) is 4.90 Å². The van der Waals surface area contributed by atoms with E-state index >= 15 is 0 Å². The largest absolute Gasteiger partial charge is 0.349 e. The molecule has 2 aromatic carbocycles. The van der Waals surface area contributed by atoms with Crippen molar-refractivity contribution < 1.29 is 13.2 Å². The van der Waals surface area contributed by atoms with E-state index in [-0.39, 0.29) is 16.8 Å². The number of hydrogen-bond acceptors (Lipinski definition) is 3. The summed E-state index contributed by atoms with van der Waals surface area (Å²) in [5.41, 5.74) is 0.805. The second-order valence-electron chi connectivity index (χ2n) is 7.40. The Morgan fingerprint density at radius 1 is 1.04 bits per heavy atom. The minimum atomic E-state index is -3.74. The van der Waals surface area contributed by atoms with Gasteiger partial charge < -0.3 is 5.32 Å². The molecular weight excluding hydrogens is 384 g/mol. The fraction of sp³-hybridized carbons (Fsp3) is 0.350. The summed E-state index contributed by atoms with van der Waals surface area (Å²) in [4.78, 5) is 12.7. The molecule has 0 spiro atoms. The predicted molar refractivity (Wildman–Crippen MR) is 105 cm³/mol. The van der Waals surface area contributed by atoms with E-state index in [1.807, 2.05) is 0 Å². The van der Waals surface area contributed by atoms with Crippen LogP contribution in [0.1, 0.15) is 36.0 Å². The number of carbonyl (C=O) groups excluding carboxylic acids is 1. The molecule has 0 heterocycles. The molecule has 3 atom stereocenters. The van der Waals surface area contributed by atoms with Crippen molar-refractivity contribution >= 4 is 33.2 Å². The van der Waals surface area contributed by atoms with Crippen LogP contribution in [-0.4, -0.2) is 20.4 Å². The highest BCUT2D eigenvalue weighted by Gasteiger charge is 2.40. The quantitative estimate of drug-likeness (QED) is 0.789. The van der Waals surface area contributed by atoms with Gasteiger partial charge >= 0.3 is 0 Å².